The van der Waals surface area contributed by atoms with Gasteiger partial charge in [0.25, 0.3) is 0 Å². The Balaban J connectivity index is 1.58. The van der Waals surface area contributed by atoms with Gasteiger partial charge in [0.05, 0.1) is 0 Å². The van der Waals surface area contributed by atoms with Crippen molar-refractivity contribution in [1.82, 2.24) is 9.97 Å². The highest BCUT2D eigenvalue weighted by molar-refractivity contribution is 6.02. The highest BCUT2D eigenvalue weighted by Gasteiger charge is 2.30. The van der Waals surface area contributed by atoms with Crippen molar-refractivity contribution >= 4 is 21.8 Å². The van der Waals surface area contributed by atoms with E-state index in [1.165, 1.54) is 0 Å². The zero-order chi connectivity index (χ0) is 24.2. The van der Waals surface area contributed by atoms with Crippen LogP contribution in [0.2, 0.25) is 0 Å². The summed E-state index contributed by atoms with van der Waals surface area (Å²) in [6.45, 7) is 4.46. The van der Waals surface area contributed by atoms with Gasteiger partial charge in [0.2, 0.25) is 0 Å². The number of H-pyrrole nitrogens is 2. The molecule has 172 valence electrons. The third kappa shape index (κ3) is 3.22. The molecule has 0 radical (unpaired) electrons. The molecule has 35 heavy (non-hydrogen) atoms. The molecule has 0 aliphatic heterocycles. The maximum Gasteiger partial charge on any atom is 0.125 e. The first-order valence-corrected chi connectivity index (χ1v) is 11.7. The molecule has 6 aromatic rings. The lowest BCUT2D eigenvalue weighted by Gasteiger charge is -2.31. The van der Waals surface area contributed by atoms with Crippen LogP contribution in [0, 0.1) is 0 Å². The van der Waals surface area contributed by atoms with E-state index in [4.69, 9.17) is 0 Å². The Labute approximate surface area is 203 Å². The van der Waals surface area contributed by atoms with Crippen LogP contribution in [-0.2, 0) is 5.41 Å². The fraction of sp³-hybridized carbons (Fsp3) is 0.0968. The van der Waals surface area contributed by atoms with Crippen molar-refractivity contribution in [3.8, 4) is 33.8 Å². The van der Waals surface area contributed by atoms with Crippen LogP contribution in [-0.4, -0.2) is 20.2 Å². The lowest BCUT2D eigenvalue weighted by molar-refractivity contribution is 0.481. The largest absolute Gasteiger partial charge is 0.507 e. The van der Waals surface area contributed by atoms with Crippen molar-refractivity contribution in [3.05, 3.63) is 108 Å². The van der Waals surface area contributed by atoms with Gasteiger partial charge in [-0.15, -0.1) is 0 Å². The Bertz CT molecular complexity index is 1580. The van der Waals surface area contributed by atoms with Gasteiger partial charge in [0, 0.05) is 50.7 Å². The quantitative estimate of drug-likeness (QED) is 0.218. The summed E-state index contributed by atoms with van der Waals surface area (Å²) in [5.41, 5.74) is 7.83. The zero-order valence-electron chi connectivity index (χ0n) is 19.6. The second kappa shape index (κ2) is 7.81. The minimum Gasteiger partial charge on any atom is -0.507 e. The number of phenolic OH excluding ortho intramolecular Hbond substituents is 2. The van der Waals surface area contributed by atoms with E-state index in [0.29, 0.717) is 0 Å². The predicted molar refractivity (Wildman–Crippen MR) is 143 cm³/mol. The summed E-state index contributed by atoms with van der Waals surface area (Å²) in [7, 11) is 0. The van der Waals surface area contributed by atoms with Crippen molar-refractivity contribution in [2.45, 2.75) is 19.3 Å². The molecular weight excluding hydrogens is 432 g/mol. The first-order valence-electron chi connectivity index (χ1n) is 11.7. The van der Waals surface area contributed by atoms with Crippen LogP contribution in [0.5, 0.6) is 11.5 Å². The van der Waals surface area contributed by atoms with Crippen LogP contribution < -0.4 is 0 Å². The second-order valence-electron chi connectivity index (χ2n) is 9.52. The van der Waals surface area contributed by atoms with E-state index in [0.717, 1.165) is 55.2 Å². The maximum atomic E-state index is 10.7. The first kappa shape index (κ1) is 21.1. The Morgan fingerprint density at radius 1 is 0.514 bits per heavy atom. The van der Waals surface area contributed by atoms with Gasteiger partial charge in [-0.2, -0.15) is 0 Å². The average Bonchev–Trinajstić information content (AvgIpc) is 3.50. The average molecular weight is 459 g/mol. The number of aromatic nitrogens is 2. The minimum atomic E-state index is -0.380. The summed E-state index contributed by atoms with van der Waals surface area (Å²) in [5, 5.41) is 23.0. The predicted octanol–water partition coefficient (Wildman–Crippen LogP) is 7.72. The molecule has 0 aliphatic carbocycles. The molecule has 0 fully saturated rings. The third-order valence-corrected chi connectivity index (χ3v) is 7.15. The highest BCUT2D eigenvalue weighted by Crippen LogP contribution is 2.46. The number of benzene rings is 4. The molecule has 0 bridgehead atoms. The number of hydrogen-bond donors (Lipinski definition) is 4. The molecule has 0 saturated carbocycles. The van der Waals surface area contributed by atoms with Crippen LogP contribution in [0.25, 0.3) is 44.1 Å². The lowest BCUT2D eigenvalue weighted by atomic mass is 9.72. The Kier molecular flexibility index (Phi) is 4.71. The summed E-state index contributed by atoms with van der Waals surface area (Å²) in [6.07, 6.45) is 3.95. The standard InChI is InChI=1S/C31H26N2O2/c1-31(2,23-11-5-3-9-19(23)21-17-32-25-13-7-15-27(34)29(21)25)24-12-6-4-10-20(24)22-18-33-26-14-8-16-28(35)30(22)26/h3-18,32-35H,1-2H3. The van der Waals surface area contributed by atoms with Crippen molar-refractivity contribution in [3.63, 3.8) is 0 Å². The first-order chi connectivity index (χ1) is 17.0. The molecule has 4 aromatic carbocycles. The van der Waals surface area contributed by atoms with Gasteiger partial charge in [0.1, 0.15) is 11.5 Å². The van der Waals surface area contributed by atoms with E-state index in [1.807, 2.05) is 48.8 Å². The molecule has 4 N–H and O–H groups in total. The van der Waals surface area contributed by atoms with E-state index in [9.17, 15) is 10.2 Å². The van der Waals surface area contributed by atoms with Crippen LogP contribution >= 0.6 is 0 Å². The zero-order valence-corrected chi connectivity index (χ0v) is 19.6. The Morgan fingerprint density at radius 2 is 0.943 bits per heavy atom. The second-order valence-corrected chi connectivity index (χ2v) is 9.52. The minimum absolute atomic E-state index is 0.265. The highest BCUT2D eigenvalue weighted by atomic mass is 16.3. The maximum absolute atomic E-state index is 10.7. The molecule has 4 heteroatoms. The van der Waals surface area contributed by atoms with Gasteiger partial charge in [0.15, 0.2) is 0 Å². The third-order valence-electron chi connectivity index (χ3n) is 7.15. The summed E-state index contributed by atoms with van der Waals surface area (Å²) in [6, 6.07) is 27.9. The van der Waals surface area contributed by atoms with Crippen LogP contribution in [0.4, 0.5) is 0 Å². The number of aromatic hydroxyl groups is 2. The van der Waals surface area contributed by atoms with Crippen LogP contribution in [0.1, 0.15) is 25.0 Å². The molecule has 0 atom stereocenters. The summed E-state index contributed by atoms with van der Waals surface area (Å²) < 4.78 is 0. The topological polar surface area (TPSA) is 72.0 Å². The van der Waals surface area contributed by atoms with Gasteiger partial charge >= 0.3 is 0 Å². The molecule has 4 nitrogen and oxygen atoms in total. The van der Waals surface area contributed by atoms with Gasteiger partial charge in [-0.1, -0.05) is 74.5 Å². The van der Waals surface area contributed by atoms with Crippen molar-refractivity contribution < 1.29 is 10.2 Å². The Morgan fingerprint density at radius 3 is 1.40 bits per heavy atom. The summed E-state index contributed by atoms with van der Waals surface area (Å²) in [4.78, 5) is 6.63. The number of fused-ring (bicyclic) bond motifs is 2. The van der Waals surface area contributed by atoms with Crippen LogP contribution in [0.15, 0.2) is 97.3 Å². The van der Waals surface area contributed by atoms with E-state index in [2.05, 4.69) is 60.2 Å². The van der Waals surface area contributed by atoms with Gasteiger partial charge < -0.3 is 20.2 Å². The SMILES string of the molecule is CC(C)(c1ccccc1-c1c[nH]c2cccc(O)c12)c1ccccc1-c1c[nH]c2cccc(O)c12. The molecule has 0 unspecified atom stereocenters. The molecule has 6 rings (SSSR count). The van der Waals surface area contributed by atoms with Gasteiger partial charge in [-0.05, 0) is 46.5 Å². The molecule has 0 spiro atoms. The molecule has 0 saturated heterocycles. The fourth-order valence-electron chi connectivity index (χ4n) is 5.43. The molecular formula is C31H26N2O2. The number of phenols is 2. The van der Waals surface area contributed by atoms with E-state index in [-0.39, 0.29) is 16.9 Å². The van der Waals surface area contributed by atoms with Gasteiger partial charge in [-0.25, -0.2) is 0 Å². The monoisotopic (exact) mass is 458 g/mol. The normalized spacial score (nSPS) is 11.9. The van der Waals surface area contributed by atoms with E-state index >= 15 is 0 Å². The lowest BCUT2D eigenvalue weighted by Crippen LogP contribution is -2.21. The van der Waals surface area contributed by atoms with Gasteiger partial charge in [-0.3, -0.25) is 0 Å². The molecule has 2 aromatic heterocycles. The number of aromatic amines is 2. The molecule has 0 amide bonds. The number of rotatable bonds is 4. The Hall–Kier alpha value is -4.44. The molecule has 2 heterocycles. The smallest absolute Gasteiger partial charge is 0.125 e. The van der Waals surface area contributed by atoms with Crippen LogP contribution in [0.3, 0.4) is 0 Å². The summed E-state index contributed by atoms with van der Waals surface area (Å²) >= 11 is 0. The summed E-state index contributed by atoms with van der Waals surface area (Å²) in [5.74, 6) is 0.530. The van der Waals surface area contributed by atoms with E-state index < -0.39 is 0 Å². The van der Waals surface area contributed by atoms with E-state index in [1.54, 1.807) is 12.1 Å². The van der Waals surface area contributed by atoms with Crippen molar-refractivity contribution in [2.75, 3.05) is 0 Å². The molecule has 0 aliphatic rings. The number of nitrogens with one attached hydrogen (secondary N) is 2. The fourth-order valence-corrected chi connectivity index (χ4v) is 5.43. The van der Waals surface area contributed by atoms with Crippen molar-refractivity contribution in [2.24, 2.45) is 0 Å². The number of hydrogen-bond acceptors (Lipinski definition) is 2. The van der Waals surface area contributed by atoms with Crippen molar-refractivity contribution in [1.29, 1.82) is 0 Å².